The van der Waals surface area contributed by atoms with E-state index in [-0.39, 0.29) is 5.71 Å². The third-order valence-corrected chi connectivity index (χ3v) is 3.17. The lowest BCUT2D eigenvalue weighted by molar-refractivity contribution is -0.110. The van der Waals surface area contributed by atoms with Crippen LogP contribution in [0.15, 0.2) is 58.4 Å². The number of benzene rings is 1. The molecule has 22 heavy (non-hydrogen) atoms. The molecule has 0 saturated heterocycles. The summed E-state index contributed by atoms with van der Waals surface area (Å²) in [5, 5.41) is 6.48. The van der Waals surface area contributed by atoms with Crippen molar-refractivity contribution in [1.82, 2.24) is 10.4 Å². The first-order valence-corrected chi connectivity index (χ1v) is 7.17. The molecule has 6 nitrogen and oxygen atoms in total. The molecule has 2 amide bonds. The van der Waals surface area contributed by atoms with Crippen molar-refractivity contribution in [3.05, 3.63) is 58.8 Å². The summed E-state index contributed by atoms with van der Waals surface area (Å²) in [6.07, 6.45) is 3.01. The highest BCUT2D eigenvalue weighted by Gasteiger charge is 2.08. The molecule has 7 heteroatoms. The molecule has 0 saturated carbocycles. The van der Waals surface area contributed by atoms with Gasteiger partial charge in [0.05, 0.1) is 0 Å². The minimum atomic E-state index is -0.406. The van der Waals surface area contributed by atoms with Crippen molar-refractivity contribution in [2.75, 3.05) is 5.32 Å². The summed E-state index contributed by atoms with van der Waals surface area (Å²) in [5.41, 5.74) is 3.52. The number of hydrazone groups is 1. The first-order chi connectivity index (χ1) is 10.6. The molecular weight excluding hydrogens is 348 g/mol. The van der Waals surface area contributed by atoms with E-state index < -0.39 is 11.8 Å². The predicted molar refractivity (Wildman–Crippen MR) is 87.6 cm³/mol. The Kier molecular flexibility index (Phi) is 5.37. The van der Waals surface area contributed by atoms with Gasteiger partial charge in [0.2, 0.25) is 0 Å². The van der Waals surface area contributed by atoms with Gasteiger partial charge in [-0.25, -0.2) is 5.43 Å². The topological polar surface area (TPSA) is 83.5 Å². The zero-order valence-corrected chi connectivity index (χ0v) is 13.3. The van der Waals surface area contributed by atoms with Crippen molar-refractivity contribution < 1.29 is 9.59 Å². The molecule has 2 rings (SSSR count). The van der Waals surface area contributed by atoms with Gasteiger partial charge in [-0.1, -0.05) is 22.0 Å². The molecule has 0 radical (unpaired) electrons. The summed E-state index contributed by atoms with van der Waals surface area (Å²) >= 11 is 3.32. The average Bonchev–Trinajstić information content (AvgIpc) is 2.53. The van der Waals surface area contributed by atoms with E-state index in [0.29, 0.717) is 11.3 Å². The Bertz CT molecular complexity index is 716. The number of amides is 2. The van der Waals surface area contributed by atoms with Crippen molar-refractivity contribution >= 4 is 39.1 Å². The number of carbonyl (C=O) groups excluding carboxylic acids is 2. The lowest BCUT2D eigenvalue weighted by Gasteiger charge is -2.05. The maximum absolute atomic E-state index is 12.0. The van der Waals surface area contributed by atoms with Crippen molar-refractivity contribution in [2.45, 2.75) is 6.92 Å². The SMILES string of the molecule is C/C(=N\NC(=O)c1ccncc1)C(=O)Nc1cccc(Br)c1. The van der Waals surface area contributed by atoms with Gasteiger partial charge in [0.25, 0.3) is 11.8 Å². The lowest BCUT2D eigenvalue weighted by atomic mass is 10.2. The number of anilines is 1. The fourth-order valence-corrected chi connectivity index (χ4v) is 1.94. The molecule has 0 aliphatic rings. The van der Waals surface area contributed by atoms with Crippen LogP contribution in [0.1, 0.15) is 17.3 Å². The number of rotatable bonds is 4. The predicted octanol–water partition coefficient (Wildman–Crippen LogP) is 2.59. The van der Waals surface area contributed by atoms with E-state index in [0.717, 1.165) is 4.47 Å². The van der Waals surface area contributed by atoms with Crippen LogP contribution < -0.4 is 10.7 Å². The van der Waals surface area contributed by atoms with Gasteiger partial charge in [0.1, 0.15) is 5.71 Å². The molecule has 2 aromatic rings. The minimum Gasteiger partial charge on any atom is -0.321 e. The van der Waals surface area contributed by atoms with Crippen LogP contribution >= 0.6 is 15.9 Å². The molecule has 2 N–H and O–H groups in total. The van der Waals surface area contributed by atoms with Crippen LogP contribution in [0.25, 0.3) is 0 Å². The zero-order valence-electron chi connectivity index (χ0n) is 11.7. The molecule has 0 fully saturated rings. The monoisotopic (exact) mass is 360 g/mol. The molecule has 0 aliphatic heterocycles. The summed E-state index contributed by atoms with van der Waals surface area (Å²) in [6, 6.07) is 10.3. The van der Waals surface area contributed by atoms with Crippen LogP contribution in [0.2, 0.25) is 0 Å². The Morgan fingerprint density at radius 2 is 1.91 bits per heavy atom. The second-order valence-electron chi connectivity index (χ2n) is 4.34. The minimum absolute atomic E-state index is 0.141. The number of hydrogen-bond donors (Lipinski definition) is 2. The Morgan fingerprint density at radius 3 is 2.59 bits per heavy atom. The zero-order chi connectivity index (χ0) is 15.9. The fourth-order valence-electron chi connectivity index (χ4n) is 1.54. The standard InChI is InChI=1S/C15H13BrN4O2/c1-10(14(21)18-13-4-2-3-12(16)9-13)19-20-15(22)11-5-7-17-8-6-11/h2-9H,1H3,(H,18,21)(H,20,22)/b19-10+. The number of hydrogen-bond acceptors (Lipinski definition) is 4. The highest BCUT2D eigenvalue weighted by atomic mass is 79.9. The first-order valence-electron chi connectivity index (χ1n) is 6.38. The molecule has 0 unspecified atom stereocenters. The largest absolute Gasteiger partial charge is 0.321 e. The van der Waals surface area contributed by atoms with Gasteiger partial charge in [0, 0.05) is 28.1 Å². The molecule has 0 atom stereocenters. The number of nitrogens with zero attached hydrogens (tertiary/aromatic N) is 2. The van der Waals surface area contributed by atoms with E-state index >= 15 is 0 Å². The number of pyridine rings is 1. The number of halogens is 1. The second kappa shape index (κ2) is 7.46. The third kappa shape index (κ3) is 4.49. The number of aromatic nitrogens is 1. The van der Waals surface area contributed by atoms with E-state index in [1.807, 2.05) is 6.07 Å². The summed E-state index contributed by atoms with van der Waals surface area (Å²) in [5.74, 6) is -0.801. The van der Waals surface area contributed by atoms with E-state index in [4.69, 9.17) is 0 Å². The number of nitrogens with one attached hydrogen (secondary N) is 2. The van der Waals surface area contributed by atoms with E-state index in [1.165, 1.54) is 19.3 Å². The molecular formula is C15H13BrN4O2. The van der Waals surface area contributed by atoms with Crippen LogP contribution in [-0.2, 0) is 4.79 Å². The van der Waals surface area contributed by atoms with Gasteiger partial charge in [-0.2, -0.15) is 5.10 Å². The Morgan fingerprint density at radius 1 is 1.18 bits per heavy atom. The Hall–Kier alpha value is -2.54. The maximum Gasteiger partial charge on any atom is 0.271 e. The van der Waals surface area contributed by atoms with Gasteiger partial charge in [0.15, 0.2) is 0 Å². The Labute approximate surface area is 135 Å². The van der Waals surface area contributed by atoms with Gasteiger partial charge < -0.3 is 5.32 Å². The van der Waals surface area contributed by atoms with E-state index in [9.17, 15) is 9.59 Å². The van der Waals surface area contributed by atoms with Gasteiger partial charge >= 0.3 is 0 Å². The lowest BCUT2D eigenvalue weighted by Crippen LogP contribution is -2.25. The van der Waals surface area contributed by atoms with Gasteiger partial charge in [-0.05, 0) is 37.3 Å². The van der Waals surface area contributed by atoms with Crippen LogP contribution in [-0.4, -0.2) is 22.5 Å². The average molecular weight is 361 g/mol. The van der Waals surface area contributed by atoms with Crippen molar-refractivity contribution in [2.24, 2.45) is 5.10 Å². The highest BCUT2D eigenvalue weighted by Crippen LogP contribution is 2.15. The Balaban J connectivity index is 1.97. The molecule has 1 aromatic carbocycles. The molecule has 112 valence electrons. The molecule has 0 aliphatic carbocycles. The molecule has 1 heterocycles. The van der Waals surface area contributed by atoms with Crippen molar-refractivity contribution in [3.63, 3.8) is 0 Å². The third-order valence-electron chi connectivity index (χ3n) is 2.68. The summed E-state index contributed by atoms with van der Waals surface area (Å²) in [6.45, 7) is 1.51. The summed E-state index contributed by atoms with van der Waals surface area (Å²) in [7, 11) is 0. The molecule has 0 bridgehead atoms. The van der Waals surface area contributed by atoms with E-state index in [2.05, 4.69) is 36.8 Å². The van der Waals surface area contributed by atoms with Crippen LogP contribution in [0.3, 0.4) is 0 Å². The maximum atomic E-state index is 12.0. The van der Waals surface area contributed by atoms with E-state index in [1.54, 1.807) is 30.3 Å². The second-order valence-corrected chi connectivity index (χ2v) is 5.25. The number of carbonyl (C=O) groups is 2. The van der Waals surface area contributed by atoms with Crippen LogP contribution in [0.5, 0.6) is 0 Å². The fraction of sp³-hybridized carbons (Fsp3) is 0.0667. The van der Waals surface area contributed by atoms with Crippen LogP contribution in [0.4, 0.5) is 5.69 Å². The normalized spacial score (nSPS) is 10.9. The van der Waals surface area contributed by atoms with Crippen molar-refractivity contribution in [3.8, 4) is 0 Å². The summed E-state index contributed by atoms with van der Waals surface area (Å²) in [4.78, 5) is 27.6. The quantitative estimate of drug-likeness (QED) is 0.649. The van der Waals surface area contributed by atoms with Crippen LogP contribution in [0, 0.1) is 0 Å². The molecule has 1 aromatic heterocycles. The molecule has 0 spiro atoms. The van der Waals surface area contributed by atoms with Gasteiger partial charge in [-0.15, -0.1) is 0 Å². The first kappa shape index (κ1) is 15.8. The smallest absolute Gasteiger partial charge is 0.271 e. The summed E-state index contributed by atoms with van der Waals surface area (Å²) < 4.78 is 0.853. The highest BCUT2D eigenvalue weighted by molar-refractivity contribution is 9.10. The van der Waals surface area contributed by atoms with Crippen molar-refractivity contribution in [1.29, 1.82) is 0 Å². The van der Waals surface area contributed by atoms with Gasteiger partial charge in [-0.3, -0.25) is 14.6 Å².